The maximum atomic E-state index is 13.1. The highest BCUT2D eigenvalue weighted by Gasteiger charge is 2.35. The lowest BCUT2D eigenvalue weighted by Gasteiger charge is -2.29. The van der Waals surface area contributed by atoms with Crippen LogP contribution in [0.15, 0.2) is 24.3 Å². The van der Waals surface area contributed by atoms with E-state index in [0.29, 0.717) is 13.1 Å². The summed E-state index contributed by atoms with van der Waals surface area (Å²) in [7, 11) is 0. The van der Waals surface area contributed by atoms with Gasteiger partial charge in [0.05, 0.1) is 11.3 Å². The molecule has 1 aliphatic heterocycles. The molecule has 0 radical (unpaired) electrons. The fraction of sp³-hybridized carbons (Fsp3) is 0.529. The van der Waals surface area contributed by atoms with Gasteiger partial charge < -0.3 is 9.80 Å². The van der Waals surface area contributed by atoms with Crippen LogP contribution >= 0.6 is 0 Å². The Bertz CT molecular complexity index is 596. The van der Waals surface area contributed by atoms with Crippen LogP contribution in [0.1, 0.15) is 38.2 Å². The van der Waals surface area contributed by atoms with E-state index in [9.17, 15) is 22.8 Å². The van der Waals surface area contributed by atoms with E-state index in [-0.39, 0.29) is 24.6 Å². The van der Waals surface area contributed by atoms with Gasteiger partial charge in [-0.05, 0) is 31.4 Å². The first kappa shape index (κ1) is 18.3. The van der Waals surface area contributed by atoms with Crippen molar-refractivity contribution in [3.05, 3.63) is 29.8 Å². The number of nitrogens with zero attached hydrogens (tertiary/aromatic N) is 2. The van der Waals surface area contributed by atoms with Crippen LogP contribution < -0.4 is 4.90 Å². The Hall–Kier alpha value is -2.05. The number of piperidine rings is 1. The number of rotatable bonds is 4. The Morgan fingerprint density at radius 1 is 1.12 bits per heavy atom. The van der Waals surface area contributed by atoms with Crippen LogP contribution in [0.2, 0.25) is 0 Å². The van der Waals surface area contributed by atoms with Gasteiger partial charge >= 0.3 is 6.18 Å². The number of carbonyl (C=O) groups is 2. The summed E-state index contributed by atoms with van der Waals surface area (Å²) < 4.78 is 39.4. The molecule has 0 unspecified atom stereocenters. The van der Waals surface area contributed by atoms with Gasteiger partial charge in [0.25, 0.3) is 0 Å². The van der Waals surface area contributed by atoms with E-state index in [1.165, 1.54) is 25.1 Å². The van der Waals surface area contributed by atoms with E-state index in [1.54, 1.807) is 4.90 Å². The van der Waals surface area contributed by atoms with Crippen LogP contribution in [0, 0.1) is 0 Å². The summed E-state index contributed by atoms with van der Waals surface area (Å²) in [5.74, 6) is -0.636. The molecule has 24 heavy (non-hydrogen) atoms. The van der Waals surface area contributed by atoms with E-state index in [1.807, 2.05) is 0 Å². The van der Waals surface area contributed by atoms with Gasteiger partial charge in [0.2, 0.25) is 11.8 Å². The molecule has 0 spiro atoms. The van der Waals surface area contributed by atoms with Crippen molar-refractivity contribution in [1.82, 2.24) is 4.90 Å². The molecule has 1 aliphatic rings. The summed E-state index contributed by atoms with van der Waals surface area (Å²) in [6.07, 6.45) is -1.56. The Labute approximate surface area is 139 Å². The summed E-state index contributed by atoms with van der Waals surface area (Å²) in [6, 6.07) is 4.93. The Balaban J connectivity index is 2.13. The van der Waals surface area contributed by atoms with Crippen molar-refractivity contribution < 1.29 is 22.8 Å². The molecular weight excluding hydrogens is 321 g/mol. The van der Waals surface area contributed by atoms with Crippen molar-refractivity contribution in [1.29, 1.82) is 0 Å². The minimum atomic E-state index is -4.55. The minimum absolute atomic E-state index is 0.0196. The third-order valence-corrected chi connectivity index (χ3v) is 4.14. The van der Waals surface area contributed by atoms with Gasteiger partial charge in [-0.1, -0.05) is 12.1 Å². The summed E-state index contributed by atoms with van der Waals surface area (Å²) in [6.45, 7) is 2.51. The fourth-order valence-electron chi connectivity index (χ4n) is 2.91. The van der Waals surface area contributed by atoms with E-state index < -0.39 is 17.6 Å². The highest BCUT2D eigenvalue weighted by Crippen LogP contribution is 2.36. The first-order valence-corrected chi connectivity index (χ1v) is 8.03. The fourth-order valence-corrected chi connectivity index (χ4v) is 2.91. The lowest BCUT2D eigenvalue weighted by molar-refractivity contribution is -0.137. The number of carbonyl (C=O) groups excluding carboxylic acids is 2. The van der Waals surface area contributed by atoms with Crippen LogP contribution in [-0.2, 0) is 15.8 Å². The predicted octanol–water partition coefficient (Wildman–Crippen LogP) is 3.46. The maximum absolute atomic E-state index is 13.1. The molecule has 0 aliphatic carbocycles. The van der Waals surface area contributed by atoms with Crippen molar-refractivity contribution in [2.75, 3.05) is 24.5 Å². The maximum Gasteiger partial charge on any atom is 0.418 e. The third-order valence-electron chi connectivity index (χ3n) is 4.14. The smallest absolute Gasteiger partial charge is 0.343 e. The molecule has 4 nitrogen and oxygen atoms in total. The lowest BCUT2D eigenvalue weighted by Crippen LogP contribution is -2.39. The van der Waals surface area contributed by atoms with E-state index >= 15 is 0 Å². The average Bonchev–Trinajstić information content (AvgIpc) is 2.55. The number of alkyl halides is 3. The second-order valence-electron chi connectivity index (χ2n) is 5.88. The lowest BCUT2D eigenvalue weighted by atomic mass is 10.1. The topological polar surface area (TPSA) is 40.6 Å². The SMILES string of the molecule is CC(=O)N(CCC(=O)N1CCCCC1)c1ccccc1C(F)(F)F. The number of amides is 2. The highest BCUT2D eigenvalue weighted by molar-refractivity contribution is 5.93. The van der Waals surface area contributed by atoms with Gasteiger partial charge in [-0.2, -0.15) is 13.2 Å². The largest absolute Gasteiger partial charge is 0.418 e. The first-order chi connectivity index (χ1) is 11.3. The number of likely N-dealkylation sites (tertiary alicyclic amines) is 1. The zero-order valence-electron chi connectivity index (χ0n) is 13.6. The number of benzene rings is 1. The molecule has 0 N–H and O–H groups in total. The zero-order valence-corrected chi connectivity index (χ0v) is 13.6. The molecular formula is C17H21F3N2O2. The Morgan fingerprint density at radius 3 is 2.33 bits per heavy atom. The van der Waals surface area contributed by atoms with Gasteiger partial charge in [0, 0.05) is 33.0 Å². The second-order valence-corrected chi connectivity index (χ2v) is 5.88. The van der Waals surface area contributed by atoms with Crippen molar-refractivity contribution in [2.45, 2.75) is 38.8 Å². The summed E-state index contributed by atoms with van der Waals surface area (Å²) in [5.41, 5.74) is -1.07. The van der Waals surface area contributed by atoms with Crippen LogP contribution in [0.25, 0.3) is 0 Å². The average molecular weight is 342 g/mol. The zero-order chi connectivity index (χ0) is 17.7. The molecule has 1 aromatic rings. The quantitative estimate of drug-likeness (QED) is 0.841. The molecule has 132 valence electrons. The van der Waals surface area contributed by atoms with Crippen molar-refractivity contribution in [3.8, 4) is 0 Å². The second kappa shape index (κ2) is 7.68. The molecule has 2 rings (SSSR count). The molecule has 0 atom stereocenters. The molecule has 1 saturated heterocycles. The van der Waals surface area contributed by atoms with E-state index in [2.05, 4.69) is 0 Å². The Morgan fingerprint density at radius 2 is 1.75 bits per heavy atom. The Kier molecular flexibility index (Phi) is 5.85. The van der Waals surface area contributed by atoms with E-state index in [0.717, 1.165) is 30.2 Å². The summed E-state index contributed by atoms with van der Waals surface area (Å²) >= 11 is 0. The van der Waals surface area contributed by atoms with Crippen molar-refractivity contribution in [2.24, 2.45) is 0 Å². The van der Waals surface area contributed by atoms with Crippen LogP contribution in [0.5, 0.6) is 0 Å². The molecule has 0 bridgehead atoms. The van der Waals surface area contributed by atoms with Crippen LogP contribution in [-0.4, -0.2) is 36.3 Å². The van der Waals surface area contributed by atoms with Crippen molar-refractivity contribution >= 4 is 17.5 Å². The normalized spacial score (nSPS) is 15.2. The molecule has 2 amide bonds. The van der Waals surface area contributed by atoms with Crippen LogP contribution in [0.4, 0.5) is 18.9 Å². The summed E-state index contributed by atoms with van der Waals surface area (Å²) in [4.78, 5) is 26.8. The highest BCUT2D eigenvalue weighted by atomic mass is 19.4. The van der Waals surface area contributed by atoms with Gasteiger partial charge in [0.1, 0.15) is 0 Å². The van der Waals surface area contributed by atoms with E-state index in [4.69, 9.17) is 0 Å². The monoisotopic (exact) mass is 342 g/mol. The summed E-state index contributed by atoms with van der Waals surface area (Å²) in [5, 5.41) is 0. The number of anilines is 1. The number of hydrogen-bond donors (Lipinski definition) is 0. The molecule has 1 aromatic carbocycles. The standard InChI is InChI=1S/C17H21F3N2O2/c1-13(23)22(12-9-16(24)21-10-5-2-6-11-21)15-8-4-3-7-14(15)17(18,19)20/h3-4,7-8H,2,5-6,9-12H2,1H3. The number of hydrogen-bond acceptors (Lipinski definition) is 2. The molecule has 7 heteroatoms. The van der Waals surface area contributed by atoms with Crippen molar-refractivity contribution in [3.63, 3.8) is 0 Å². The van der Waals surface area contributed by atoms with Crippen LogP contribution in [0.3, 0.4) is 0 Å². The van der Waals surface area contributed by atoms with Gasteiger partial charge in [-0.25, -0.2) is 0 Å². The first-order valence-electron chi connectivity index (χ1n) is 8.03. The van der Waals surface area contributed by atoms with Gasteiger partial charge in [-0.15, -0.1) is 0 Å². The molecule has 0 aromatic heterocycles. The number of para-hydroxylation sites is 1. The third kappa shape index (κ3) is 4.49. The van der Waals surface area contributed by atoms with Gasteiger partial charge in [-0.3, -0.25) is 9.59 Å². The number of halogens is 3. The molecule has 1 fully saturated rings. The molecule has 0 saturated carbocycles. The molecule has 1 heterocycles. The van der Waals surface area contributed by atoms with Gasteiger partial charge in [0.15, 0.2) is 0 Å². The minimum Gasteiger partial charge on any atom is -0.343 e. The predicted molar refractivity (Wildman–Crippen MR) is 84.5 cm³/mol.